The fraction of sp³-hybridized carbons (Fsp3) is 0. The Kier molecular flexibility index (Phi) is 4.89. The number of benzene rings is 6. The van der Waals surface area contributed by atoms with Gasteiger partial charge < -0.3 is 9.13 Å². The van der Waals surface area contributed by atoms with E-state index < -0.39 is 0 Å². The molecular weight excluding hydrogens is 486 g/mol. The van der Waals surface area contributed by atoms with Crippen molar-refractivity contribution in [1.29, 1.82) is 5.26 Å². The molecule has 0 aliphatic rings. The topological polar surface area (TPSA) is 33.6 Å². The number of hydrogen-bond acceptors (Lipinski definition) is 1. The Bertz CT molecular complexity index is 2260. The molecule has 0 fully saturated rings. The molecule has 0 bridgehead atoms. The second-order valence-corrected chi connectivity index (χ2v) is 10.1. The van der Waals surface area contributed by atoms with Crippen LogP contribution in [0.3, 0.4) is 0 Å². The summed E-state index contributed by atoms with van der Waals surface area (Å²) >= 11 is 0. The summed E-state index contributed by atoms with van der Waals surface area (Å²) in [6.45, 7) is 0. The maximum Gasteiger partial charge on any atom is 0.0998 e. The molecule has 0 aliphatic heterocycles. The van der Waals surface area contributed by atoms with Gasteiger partial charge in [-0.1, -0.05) is 84.9 Å². The summed E-state index contributed by atoms with van der Waals surface area (Å²) in [5, 5.41) is 15.1. The number of rotatable bonds is 3. The van der Waals surface area contributed by atoms with Crippen LogP contribution in [0.1, 0.15) is 5.56 Å². The Hall–Kier alpha value is -5.59. The molecule has 2 aromatic heterocycles. The van der Waals surface area contributed by atoms with Crippen LogP contribution >= 0.6 is 0 Å². The lowest BCUT2D eigenvalue weighted by molar-refractivity contribution is 1.18. The zero-order valence-electron chi connectivity index (χ0n) is 21.6. The van der Waals surface area contributed by atoms with E-state index in [9.17, 15) is 5.26 Å². The molecule has 6 aromatic carbocycles. The average Bonchev–Trinajstić information content (AvgIpc) is 3.54. The van der Waals surface area contributed by atoms with Crippen LogP contribution in [-0.2, 0) is 0 Å². The van der Waals surface area contributed by atoms with Gasteiger partial charge in [-0.25, -0.2) is 0 Å². The Balaban J connectivity index is 1.49. The van der Waals surface area contributed by atoms with Crippen molar-refractivity contribution >= 4 is 43.6 Å². The molecule has 186 valence electrons. The molecule has 0 atom stereocenters. The van der Waals surface area contributed by atoms with Crippen LogP contribution in [-0.4, -0.2) is 9.13 Å². The minimum atomic E-state index is 0.663. The highest BCUT2D eigenvalue weighted by atomic mass is 15.0. The number of fused-ring (bicyclic) bond motifs is 6. The van der Waals surface area contributed by atoms with Crippen LogP contribution in [0.2, 0.25) is 0 Å². The monoisotopic (exact) mass is 509 g/mol. The van der Waals surface area contributed by atoms with E-state index in [0.29, 0.717) is 5.56 Å². The van der Waals surface area contributed by atoms with Gasteiger partial charge in [-0.15, -0.1) is 0 Å². The highest BCUT2D eigenvalue weighted by Gasteiger charge is 2.20. The molecule has 8 aromatic rings. The van der Waals surface area contributed by atoms with Crippen molar-refractivity contribution < 1.29 is 0 Å². The van der Waals surface area contributed by atoms with Crippen molar-refractivity contribution in [3.8, 4) is 28.6 Å². The number of hydrogen-bond donors (Lipinski definition) is 0. The second-order valence-electron chi connectivity index (χ2n) is 10.1. The maximum absolute atomic E-state index is 10.5. The lowest BCUT2D eigenvalue weighted by Crippen LogP contribution is -1.95. The van der Waals surface area contributed by atoms with Crippen LogP contribution in [0.5, 0.6) is 0 Å². The zero-order valence-corrected chi connectivity index (χ0v) is 21.6. The van der Waals surface area contributed by atoms with Crippen LogP contribution in [0.15, 0.2) is 140 Å². The van der Waals surface area contributed by atoms with Crippen LogP contribution < -0.4 is 0 Å². The van der Waals surface area contributed by atoms with Gasteiger partial charge in [0.25, 0.3) is 0 Å². The number of nitrogens with zero attached hydrogens (tertiary/aromatic N) is 3. The molecule has 8 rings (SSSR count). The zero-order chi connectivity index (χ0) is 26.6. The van der Waals surface area contributed by atoms with Gasteiger partial charge in [0.05, 0.1) is 33.7 Å². The van der Waals surface area contributed by atoms with Crippen molar-refractivity contribution in [3.05, 3.63) is 145 Å². The molecule has 0 amide bonds. The van der Waals surface area contributed by atoms with E-state index in [4.69, 9.17) is 0 Å². The minimum absolute atomic E-state index is 0.663. The SMILES string of the molecule is N#Cc1cc2c(cc1-c1cccc3c1c1ccccc1n3-c1ccccc1)c1ccccc1n2-c1ccccc1. The molecule has 0 radical (unpaired) electrons. The molecule has 0 spiro atoms. The van der Waals surface area contributed by atoms with Crippen molar-refractivity contribution in [2.75, 3.05) is 0 Å². The molecule has 3 heteroatoms. The average molecular weight is 510 g/mol. The molecule has 0 aliphatic carbocycles. The summed E-state index contributed by atoms with van der Waals surface area (Å²) < 4.78 is 4.58. The summed E-state index contributed by atoms with van der Waals surface area (Å²) in [6, 6.07) is 51.1. The maximum atomic E-state index is 10.5. The van der Waals surface area contributed by atoms with Gasteiger partial charge in [0.1, 0.15) is 0 Å². The Labute approximate surface area is 231 Å². The summed E-state index contributed by atoms with van der Waals surface area (Å²) in [6.07, 6.45) is 0. The summed E-state index contributed by atoms with van der Waals surface area (Å²) in [5.41, 5.74) is 9.32. The number of para-hydroxylation sites is 4. The van der Waals surface area contributed by atoms with Gasteiger partial charge in [0, 0.05) is 38.5 Å². The third kappa shape index (κ3) is 3.17. The predicted octanol–water partition coefficient (Wildman–Crippen LogP) is 9.42. The van der Waals surface area contributed by atoms with E-state index in [1.54, 1.807) is 0 Å². The fourth-order valence-electron chi connectivity index (χ4n) is 6.28. The summed E-state index contributed by atoms with van der Waals surface area (Å²) in [5.74, 6) is 0. The molecule has 0 unspecified atom stereocenters. The molecule has 2 heterocycles. The Morgan fingerprint density at radius 3 is 1.65 bits per heavy atom. The van der Waals surface area contributed by atoms with Gasteiger partial charge in [-0.05, 0) is 60.2 Å². The first kappa shape index (κ1) is 22.4. The molecule has 40 heavy (non-hydrogen) atoms. The highest BCUT2D eigenvalue weighted by Crippen LogP contribution is 2.42. The lowest BCUT2D eigenvalue weighted by atomic mass is 9.94. The quantitative estimate of drug-likeness (QED) is 0.233. The van der Waals surface area contributed by atoms with E-state index in [1.165, 1.54) is 10.8 Å². The smallest absolute Gasteiger partial charge is 0.0998 e. The standard InChI is InChI=1S/C37H23N3/c38-24-25-22-36-32(28-16-7-9-19-33(28)40(36)27-14-5-2-6-15-27)23-31(25)29-18-11-21-35-37(29)30-17-8-10-20-34(30)39(35)26-12-3-1-4-13-26/h1-23H. The number of nitriles is 1. The lowest BCUT2D eigenvalue weighted by Gasteiger charge is -2.11. The molecule has 0 N–H and O–H groups in total. The predicted molar refractivity (Wildman–Crippen MR) is 165 cm³/mol. The Morgan fingerprint density at radius 1 is 0.425 bits per heavy atom. The third-order valence-corrected chi connectivity index (χ3v) is 7.95. The fourth-order valence-corrected chi connectivity index (χ4v) is 6.28. The van der Waals surface area contributed by atoms with Gasteiger partial charge in [0.2, 0.25) is 0 Å². The van der Waals surface area contributed by atoms with Gasteiger partial charge >= 0.3 is 0 Å². The van der Waals surface area contributed by atoms with E-state index in [-0.39, 0.29) is 0 Å². The third-order valence-electron chi connectivity index (χ3n) is 7.95. The first-order chi connectivity index (χ1) is 19.8. The molecule has 0 saturated heterocycles. The van der Waals surface area contributed by atoms with Gasteiger partial charge in [-0.3, -0.25) is 0 Å². The summed E-state index contributed by atoms with van der Waals surface area (Å²) in [4.78, 5) is 0. The van der Waals surface area contributed by atoms with Gasteiger partial charge in [-0.2, -0.15) is 5.26 Å². The van der Waals surface area contributed by atoms with Crippen LogP contribution in [0.25, 0.3) is 66.1 Å². The van der Waals surface area contributed by atoms with Crippen molar-refractivity contribution in [2.24, 2.45) is 0 Å². The van der Waals surface area contributed by atoms with E-state index in [2.05, 4.69) is 143 Å². The highest BCUT2D eigenvalue weighted by molar-refractivity contribution is 6.18. The summed E-state index contributed by atoms with van der Waals surface area (Å²) in [7, 11) is 0. The van der Waals surface area contributed by atoms with E-state index in [1.807, 2.05) is 12.1 Å². The minimum Gasteiger partial charge on any atom is -0.309 e. The first-order valence-electron chi connectivity index (χ1n) is 13.4. The van der Waals surface area contributed by atoms with Crippen molar-refractivity contribution in [2.45, 2.75) is 0 Å². The number of aromatic nitrogens is 2. The Morgan fingerprint density at radius 2 is 0.975 bits per heavy atom. The molecule has 0 saturated carbocycles. The van der Waals surface area contributed by atoms with Crippen molar-refractivity contribution in [3.63, 3.8) is 0 Å². The first-order valence-corrected chi connectivity index (χ1v) is 13.4. The van der Waals surface area contributed by atoms with E-state index >= 15 is 0 Å². The molecule has 3 nitrogen and oxygen atoms in total. The normalized spacial score (nSPS) is 11.5. The van der Waals surface area contributed by atoms with Crippen LogP contribution in [0, 0.1) is 11.3 Å². The largest absolute Gasteiger partial charge is 0.309 e. The van der Waals surface area contributed by atoms with Crippen LogP contribution in [0.4, 0.5) is 0 Å². The van der Waals surface area contributed by atoms with Gasteiger partial charge in [0.15, 0.2) is 0 Å². The van der Waals surface area contributed by atoms with E-state index in [0.717, 1.165) is 55.3 Å². The molecular formula is C37H23N3. The van der Waals surface area contributed by atoms with Crippen molar-refractivity contribution in [1.82, 2.24) is 9.13 Å². The second kappa shape index (κ2) is 8.73.